The zero-order valence-electron chi connectivity index (χ0n) is 9.87. The first-order chi connectivity index (χ1) is 9.36. The van der Waals surface area contributed by atoms with E-state index < -0.39 is 17.6 Å². The van der Waals surface area contributed by atoms with Gasteiger partial charge in [0, 0.05) is 10.4 Å². The largest absolute Gasteiger partial charge is 0.418 e. The van der Waals surface area contributed by atoms with E-state index in [4.69, 9.17) is 11.6 Å². The zero-order chi connectivity index (χ0) is 14.8. The molecule has 0 saturated carbocycles. The number of thiazole rings is 1. The van der Waals surface area contributed by atoms with E-state index in [2.05, 4.69) is 10.3 Å². The highest BCUT2D eigenvalue weighted by Crippen LogP contribution is 2.36. The van der Waals surface area contributed by atoms with Crippen LogP contribution < -0.4 is 5.32 Å². The molecular weight excluding hydrogens is 313 g/mol. The summed E-state index contributed by atoms with van der Waals surface area (Å²) in [6, 6.07) is 3.19. The number of alkyl halides is 3. The summed E-state index contributed by atoms with van der Waals surface area (Å²) in [5.41, 5.74) is 0.764. The molecule has 2 aromatic rings. The second-order valence-electron chi connectivity index (χ2n) is 3.89. The fraction of sp³-hybridized carbons (Fsp3) is 0.167. The Morgan fingerprint density at radius 3 is 2.75 bits per heavy atom. The quantitative estimate of drug-likeness (QED) is 0.929. The Hall–Kier alpha value is -1.60. The minimum absolute atomic E-state index is 0.0465. The lowest BCUT2D eigenvalue weighted by Gasteiger charge is -2.13. The van der Waals surface area contributed by atoms with Crippen molar-refractivity contribution in [1.82, 2.24) is 4.98 Å². The summed E-state index contributed by atoms with van der Waals surface area (Å²) in [5, 5.41) is 3.84. The fourth-order valence-electron chi connectivity index (χ4n) is 1.54. The van der Waals surface area contributed by atoms with Crippen molar-refractivity contribution in [3.05, 3.63) is 45.4 Å². The highest BCUT2D eigenvalue weighted by molar-refractivity contribution is 7.07. The van der Waals surface area contributed by atoms with Crippen LogP contribution in [-0.2, 0) is 17.4 Å². The SMILES string of the molecule is O=C(Cc1cscn1)Nc1ccc(Cl)cc1C(F)(F)F. The summed E-state index contributed by atoms with van der Waals surface area (Å²) in [6.45, 7) is 0. The summed E-state index contributed by atoms with van der Waals surface area (Å²) in [6.07, 6.45) is -4.67. The van der Waals surface area contributed by atoms with Crippen molar-refractivity contribution >= 4 is 34.5 Å². The molecule has 2 rings (SSSR count). The minimum atomic E-state index is -4.59. The van der Waals surface area contributed by atoms with Gasteiger partial charge in [0.25, 0.3) is 0 Å². The van der Waals surface area contributed by atoms with Gasteiger partial charge in [0.15, 0.2) is 0 Å². The van der Waals surface area contributed by atoms with Crippen LogP contribution in [-0.4, -0.2) is 10.9 Å². The molecule has 3 nitrogen and oxygen atoms in total. The number of nitrogens with zero attached hydrogens (tertiary/aromatic N) is 1. The molecule has 1 heterocycles. The van der Waals surface area contributed by atoms with Crippen molar-refractivity contribution in [3.8, 4) is 0 Å². The van der Waals surface area contributed by atoms with Gasteiger partial charge in [-0.1, -0.05) is 11.6 Å². The molecule has 20 heavy (non-hydrogen) atoms. The second-order valence-corrected chi connectivity index (χ2v) is 5.05. The van der Waals surface area contributed by atoms with Crippen LogP contribution in [0.2, 0.25) is 5.02 Å². The molecule has 1 aromatic carbocycles. The van der Waals surface area contributed by atoms with Crippen LogP contribution in [0.5, 0.6) is 0 Å². The molecule has 0 aliphatic carbocycles. The van der Waals surface area contributed by atoms with Crippen LogP contribution in [0.15, 0.2) is 29.1 Å². The minimum Gasteiger partial charge on any atom is -0.325 e. The third-order valence-electron chi connectivity index (χ3n) is 2.39. The first-order valence-corrected chi connectivity index (χ1v) is 6.72. The van der Waals surface area contributed by atoms with Crippen LogP contribution >= 0.6 is 22.9 Å². The van der Waals surface area contributed by atoms with E-state index in [1.54, 1.807) is 10.9 Å². The van der Waals surface area contributed by atoms with Gasteiger partial charge in [0.2, 0.25) is 5.91 Å². The molecule has 0 aliphatic rings. The third-order valence-corrected chi connectivity index (χ3v) is 3.26. The molecule has 1 N–H and O–H groups in total. The zero-order valence-corrected chi connectivity index (χ0v) is 11.4. The summed E-state index contributed by atoms with van der Waals surface area (Å²) in [4.78, 5) is 15.6. The number of anilines is 1. The van der Waals surface area contributed by atoms with Gasteiger partial charge in [-0.2, -0.15) is 13.2 Å². The number of hydrogen-bond acceptors (Lipinski definition) is 3. The van der Waals surface area contributed by atoms with E-state index in [0.29, 0.717) is 5.69 Å². The molecule has 8 heteroatoms. The highest BCUT2D eigenvalue weighted by Gasteiger charge is 2.34. The van der Waals surface area contributed by atoms with E-state index >= 15 is 0 Å². The highest BCUT2D eigenvalue weighted by atomic mass is 35.5. The third kappa shape index (κ3) is 3.71. The maximum atomic E-state index is 12.8. The Kier molecular flexibility index (Phi) is 4.29. The number of halogens is 4. The smallest absolute Gasteiger partial charge is 0.325 e. The van der Waals surface area contributed by atoms with Crippen molar-refractivity contribution in [2.45, 2.75) is 12.6 Å². The van der Waals surface area contributed by atoms with Gasteiger partial charge >= 0.3 is 6.18 Å². The van der Waals surface area contributed by atoms with Crippen LogP contribution in [0.4, 0.5) is 18.9 Å². The Labute approximate surface area is 121 Å². The average molecular weight is 321 g/mol. The van der Waals surface area contributed by atoms with Crippen molar-refractivity contribution in [3.63, 3.8) is 0 Å². The number of aromatic nitrogens is 1. The molecule has 0 spiro atoms. The van der Waals surface area contributed by atoms with Crippen LogP contribution in [0.1, 0.15) is 11.3 Å². The molecule has 106 valence electrons. The van der Waals surface area contributed by atoms with E-state index in [-0.39, 0.29) is 17.1 Å². The second kappa shape index (κ2) is 5.80. The average Bonchev–Trinajstić information content (AvgIpc) is 2.82. The molecular formula is C12H8ClF3N2OS. The fourth-order valence-corrected chi connectivity index (χ4v) is 2.27. The molecule has 1 aromatic heterocycles. The summed E-state index contributed by atoms with van der Waals surface area (Å²) >= 11 is 6.86. The monoisotopic (exact) mass is 320 g/mol. The van der Waals surface area contributed by atoms with E-state index in [1.807, 2.05) is 0 Å². The van der Waals surface area contributed by atoms with Gasteiger partial charge in [-0.3, -0.25) is 4.79 Å². The van der Waals surface area contributed by atoms with Gasteiger partial charge < -0.3 is 5.32 Å². The van der Waals surface area contributed by atoms with Crippen molar-refractivity contribution in [1.29, 1.82) is 0 Å². The number of hydrogen-bond donors (Lipinski definition) is 1. The van der Waals surface area contributed by atoms with Gasteiger partial charge in [0.05, 0.1) is 28.9 Å². The predicted octanol–water partition coefficient (Wildman–Crippen LogP) is 4.00. The number of carbonyl (C=O) groups is 1. The molecule has 0 aliphatic heterocycles. The summed E-state index contributed by atoms with van der Waals surface area (Å²) in [7, 11) is 0. The number of benzene rings is 1. The number of carbonyl (C=O) groups excluding carboxylic acids is 1. The molecule has 0 fully saturated rings. The van der Waals surface area contributed by atoms with E-state index in [9.17, 15) is 18.0 Å². The summed E-state index contributed by atoms with van der Waals surface area (Å²) in [5.74, 6) is -0.566. The number of rotatable bonds is 3. The lowest BCUT2D eigenvalue weighted by atomic mass is 10.1. The number of amides is 1. The van der Waals surface area contributed by atoms with Gasteiger partial charge in [-0.25, -0.2) is 4.98 Å². The first-order valence-electron chi connectivity index (χ1n) is 5.40. The molecule has 0 unspecified atom stereocenters. The van der Waals surface area contributed by atoms with Crippen molar-refractivity contribution in [2.24, 2.45) is 0 Å². The maximum absolute atomic E-state index is 12.8. The standard InChI is InChI=1S/C12H8ClF3N2OS/c13-7-1-2-10(9(3-7)12(14,15)16)18-11(19)4-8-5-20-6-17-8/h1-3,5-6H,4H2,(H,18,19). The molecule has 1 amide bonds. The summed E-state index contributed by atoms with van der Waals surface area (Å²) < 4.78 is 38.5. The lowest BCUT2D eigenvalue weighted by molar-refractivity contribution is -0.137. The maximum Gasteiger partial charge on any atom is 0.418 e. The Morgan fingerprint density at radius 2 is 2.15 bits per heavy atom. The van der Waals surface area contributed by atoms with Crippen LogP contribution in [0.25, 0.3) is 0 Å². The van der Waals surface area contributed by atoms with Gasteiger partial charge in [0.1, 0.15) is 0 Å². The van der Waals surface area contributed by atoms with Crippen LogP contribution in [0, 0.1) is 0 Å². The van der Waals surface area contributed by atoms with Gasteiger partial charge in [-0.15, -0.1) is 11.3 Å². The Bertz CT molecular complexity index is 614. The van der Waals surface area contributed by atoms with Crippen molar-refractivity contribution < 1.29 is 18.0 Å². The molecule has 0 atom stereocenters. The first kappa shape index (κ1) is 14.8. The topological polar surface area (TPSA) is 42.0 Å². The Morgan fingerprint density at radius 1 is 1.40 bits per heavy atom. The molecule has 0 radical (unpaired) electrons. The molecule has 0 saturated heterocycles. The normalized spacial score (nSPS) is 11.4. The van der Waals surface area contributed by atoms with Gasteiger partial charge in [-0.05, 0) is 18.2 Å². The van der Waals surface area contributed by atoms with Crippen LogP contribution in [0.3, 0.4) is 0 Å². The predicted molar refractivity (Wildman–Crippen MR) is 70.9 cm³/mol. The van der Waals surface area contributed by atoms with Crippen molar-refractivity contribution in [2.75, 3.05) is 5.32 Å². The lowest BCUT2D eigenvalue weighted by Crippen LogP contribution is -2.18. The Balaban J connectivity index is 2.19. The number of nitrogens with one attached hydrogen (secondary N) is 1. The van der Waals surface area contributed by atoms with E-state index in [1.165, 1.54) is 17.4 Å². The molecule has 0 bridgehead atoms. The van der Waals surface area contributed by atoms with E-state index in [0.717, 1.165) is 12.1 Å².